The first-order chi connectivity index (χ1) is 13.2. The van der Waals surface area contributed by atoms with Gasteiger partial charge in [0.1, 0.15) is 13.2 Å². The third kappa shape index (κ3) is 4.12. The molecule has 0 radical (unpaired) electrons. The van der Waals surface area contributed by atoms with E-state index in [4.69, 9.17) is 9.47 Å². The molecule has 1 aromatic carbocycles. The van der Waals surface area contributed by atoms with Gasteiger partial charge in [0.2, 0.25) is 5.91 Å². The number of hydrogen-bond acceptors (Lipinski definition) is 5. The Morgan fingerprint density at radius 3 is 2.89 bits per heavy atom. The third-order valence-electron chi connectivity index (χ3n) is 5.29. The van der Waals surface area contributed by atoms with Crippen molar-refractivity contribution in [2.75, 3.05) is 32.8 Å². The molecule has 1 aromatic heterocycles. The van der Waals surface area contributed by atoms with E-state index in [0.717, 1.165) is 49.5 Å². The van der Waals surface area contributed by atoms with E-state index >= 15 is 0 Å². The summed E-state index contributed by atoms with van der Waals surface area (Å²) in [6, 6.07) is 10.4. The first kappa shape index (κ1) is 18.3. The fourth-order valence-corrected chi connectivity index (χ4v) is 4.61. The molecule has 0 spiro atoms. The second-order valence-electron chi connectivity index (χ2n) is 7.03. The SMILES string of the molecule is CCN(CC(=O)N1CCCC1c1ccc2c(c1)OCCO2)Cc1cccs1. The highest BCUT2D eigenvalue weighted by atomic mass is 32.1. The van der Waals surface area contributed by atoms with Gasteiger partial charge in [-0.05, 0) is 48.5 Å². The molecule has 1 saturated heterocycles. The number of carbonyl (C=O) groups is 1. The second kappa shape index (κ2) is 8.31. The number of fused-ring (bicyclic) bond motifs is 1. The predicted octanol–water partition coefficient (Wildman–Crippen LogP) is 3.70. The van der Waals surface area contributed by atoms with Crippen LogP contribution in [0.3, 0.4) is 0 Å². The molecule has 0 saturated carbocycles. The lowest BCUT2D eigenvalue weighted by atomic mass is 10.0. The van der Waals surface area contributed by atoms with Crippen LogP contribution in [0.25, 0.3) is 0 Å². The van der Waals surface area contributed by atoms with Crippen molar-refractivity contribution in [1.29, 1.82) is 0 Å². The molecular formula is C21H26N2O3S. The second-order valence-corrected chi connectivity index (χ2v) is 8.06. The number of likely N-dealkylation sites (N-methyl/N-ethyl adjacent to an activating group) is 1. The Morgan fingerprint density at radius 1 is 1.26 bits per heavy atom. The van der Waals surface area contributed by atoms with Gasteiger partial charge < -0.3 is 14.4 Å². The Hall–Kier alpha value is -2.05. The highest BCUT2D eigenvalue weighted by Gasteiger charge is 2.31. The highest BCUT2D eigenvalue weighted by molar-refractivity contribution is 7.09. The molecule has 6 heteroatoms. The third-order valence-corrected chi connectivity index (χ3v) is 6.15. The van der Waals surface area contributed by atoms with E-state index in [1.807, 2.05) is 17.0 Å². The van der Waals surface area contributed by atoms with E-state index in [1.54, 1.807) is 11.3 Å². The zero-order valence-electron chi connectivity index (χ0n) is 15.7. The van der Waals surface area contributed by atoms with Gasteiger partial charge in [0.05, 0.1) is 12.6 Å². The van der Waals surface area contributed by atoms with E-state index in [1.165, 1.54) is 4.88 Å². The maximum atomic E-state index is 13.0. The molecule has 4 rings (SSSR count). The first-order valence-electron chi connectivity index (χ1n) is 9.68. The molecule has 3 heterocycles. The summed E-state index contributed by atoms with van der Waals surface area (Å²) < 4.78 is 11.3. The fourth-order valence-electron chi connectivity index (χ4n) is 3.86. The van der Waals surface area contributed by atoms with E-state index in [0.29, 0.717) is 19.8 Å². The fraction of sp³-hybridized carbons (Fsp3) is 0.476. The summed E-state index contributed by atoms with van der Waals surface area (Å²) in [5.41, 5.74) is 1.14. The zero-order chi connectivity index (χ0) is 18.6. The molecule has 1 unspecified atom stereocenters. The monoisotopic (exact) mass is 386 g/mol. The topological polar surface area (TPSA) is 42.0 Å². The van der Waals surface area contributed by atoms with E-state index in [9.17, 15) is 4.79 Å². The maximum absolute atomic E-state index is 13.0. The Bertz CT molecular complexity index is 778. The van der Waals surface area contributed by atoms with Crippen LogP contribution in [0.1, 0.15) is 36.2 Å². The summed E-state index contributed by atoms with van der Waals surface area (Å²) in [7, 11) is 0. The van der Waals surface area contributed by atoms with Crippen LogP contribution >= 0.6 is 11.3 Å². The van der Waals surface area contributed by atoms with Gasteiger partial charge in [-0.25, -0.2) is 0 Å². The first-order valence-corrected chi connectivity index (χ1v) is 10.6. The number of likely N-dealkylation sites (tertiary alicyclic amines) is 1. The van der Waals surface area contributed by atoms with Gasteiger partial charge in [-0.2, -0.15) is 0 Å². The molecular weight excluding hydrogens is 360 g/mol. The predicted molar refractivity (Wildman–Crippen MR) is 106 cm³/mol. The van der Waals surface area contributed by atoms with Crippen LogP contribution in [0.4, 0.5) is 0 Å². The standard InChI is InChI=1S/C21H26N2O3S/c1-2-22(14-17-5-4-12-27-17)15-21(24)23-9-3-6-18(23)16-7-8-19-20(13-16)26-11-10-25-19/h4-5,7-8,12-13,18H,2-3,6,9-11,14-15H2,1H3. The number of carbonyl (C=O) groups excluding carboxylic acids is 1. The average molecular weight is 387 g/mol. The number of rotatable bonds is 6. The van der Waals surface area contributed by atoms with Crippen molar-refractivity contribution >= 4 is 17.2 Å². The van der Waals surface area contributed by atoms with Crippen LogP contribution < -0.4 is 9.47 Å². The molecule has 1 atom stereocenters. The van der Waals surface area contributed by atoms with Crippen molar-refractivity contribution < 1.29 is 14.3 Å². The molecule has 0 bridgehead atoms. The minimum atomic E-state index is 0.133. The Labute approximate surface area is 164 Å². The van der Waals surface area contributed by atoms with Crippen molar-refractivity contribution in [3.63, 3.8) is 0 Å². The van der Waals surface area contributed by atoms with E-state index < -0.39 is 0 Å². The molecule has 0 aliphatic carbocycles. The van der Waals surface area contributed by atoms with Gasteiger partial charge in [-0.3, -0.25) is 9.69 Å². The van der Waals surface area contributed by atoms with Gasteiger partial charge in [-0.15, -0.1) is 11.3 Å². The molecule has 2 aromatic rings. The number of amides is 1. The number of hydrogen-bond donors (Lipinski definition) is 0. The number of nitrogens with zero attached hydrogens (tertiary/aromatic N) is 2. The summed E-state index contributed by atoms with van der Waals surface area (Å²) in [4.78, 5) is 18.6. The van der Waals surface area contributed by atoms with E-state index in [2.05, 4.69) is 35.4 Å². The lowest BCUT2D eigenvalue weighted by Gasteiger charge is -2.29. The Balaban J connectivity index is 1.45. The van der Waals surface area contributed by atoms with Gasteiger partial charge in [-0.1, -0.05) is 19.1 Å². The summed E-state index contributed by atoms with van der Waals surface area (Å²) >= 11 is 1.74. The number of thiophene rings is 1. The lowest BCUT2D eigenvalue weighted by molar-refractivity contribution is -0.133. The van der Waals surface area contributed by atoms with Crippen molar-refractivity contribution in [3.05, 3.63) is 46.2 Å². The van der Waals surface area contributed by atoms with Crippen molar-refractivity contribution in [2.24, 2.45) is 0 Å². The van der Waals surface area contributed by atoms with Gasteiger partial charge in [0.15, 0.2) is 11.5 Å². The summed E-state index contributed by atoms with van der Waals surface area (Å²) in [5.74, 6) is 1.81. The van der Waals surface area contributed by atoms with Crippen LogP contribution in [-0.4, -0.2) is 48.6 Å². The van der Waals surface area contributed by atoms with Crippen molar-refractivity contribution in [1.82, 2.24) is 9.80 Å². The molecule has 144 valence electrons. The molecule has 5 nitrogen and oxygen atoms in total. The highest BCUT2D eigenvalue weighted by Crippen LogP contribution is 2.38. The van der Waals surface area contributed by atoms with Gasteiger partial charge >= 0.3 is 0 Å². The molecule has 0 N–H and O–H groups in total. The average Bonchev–Trinajstić information content (AvgIpc) is 3.39. The molecule has 1 amide bonds. The van der Waals surface area contributed by atoms with Crippen LogP contribution in [0, 0.1) is 0 Å². The molecule has 1 fully saturated rings. The maximum Gasteiger partial charge on any atom is 0.237 e. The molecule has 2 aliphatic rings. The van der Waals surface area contributed by atoms with E-state index in [-0.39, 0.29) is 11.9 Å². The lowest BCUT2D eigenvalue weighted by Crippen LogP contribution is -2.39. The molecule has 2 aliphatic heterocycles. The van der Waals surface area contributed by atoms with Crippen molar-refractivity contribution in [3.8, 4) is 11.5 Å². The number of ether oxygens (including phenoxy) is 2. The summed E-state index contributed by atoms with van der Waals surface area (Å²) in [5, 5.41) is 2.09. The minimum absolute atomic E-state index is 0.133. The summed E-state index contributed by atoms with van der Waals surface area (Å²) in [6.45, 7) is 6.29. The largest absolute Gasteiger partial charge is 0.486 e. The van der Waals surface area contributed by atoms with Crippen LogP contribution in [0.15, 0.2) is 35.7 Å². The van der Waals surface area contributed by atoms with Crippen LogP contribution in [0.2, 0.25) is 0 Å². The Morgan fingerprint density at radius 2 is 2.11 bits per heavy atom. The number of benzene rings is 1. The quantitative estimate of drug-likeness (QED) is 0.759. The van der Waals surface area contributed by atoms with Crippen LogP contribution in [0.5, 0.6) is 11.5 Å². The summed E-state index contributed by atoms with van der Waals surface area (Å²) in [6.07, 6.45) is 2.05. The van der Waals surface area contributed by atoms with Crippen molar-refractivity contribution in [2.45, 2.75) is 32.4 Å². The van der Waals surface area contributed by atoms with Gasteiger partial charge in [0.25, 0.3) is 0 Å². The Kier molecular flexibility index (Phi) is 5.64. The van der Waals surface area contributed by atoms with Crippen LogP contribution in [-0.2, 0) is 11.3 Å². The normalized spacial score (nSPS) is 18.9. The van der Waals surface area contributed by atoms with Gasteiger partial charge in [0, 0.05) is 18.0 Å². The zero-order valence-corrected chi connectivity index (χ0v) is 16.5. The molecule has 27 heavy (non-hydrogen) atoms. The smallest absolute Gasteiger partial charge is 0.237 e. The minimum Gasteiger partial charge on any atom is -0.486 e.